The van der Waals surface area contributed by atoms with Gasteiger partial charge in [0, 0.05) is 35.9 Å². The number of amides is 2. The van der Waals surface area contributed by atoms with Crippen molar-refractivity contribution in [3.05, 3.63) is 46.5 Å². The van der Waals surface area contributed by atoms with E-state index in [1.165, 1.54) is 17.4 Å². The van der Waals surface area contributed by atoms with Crippen LogP contribution in [0.25, 0.3) is 0 Å². The van der Waals surface area contributed by atoms with Gasteiger partial charge in [0.1, 0.15) is 0 Å². The molecule has 0 saturated heterocycles. The Bertz CT molecular complexity index is 816. The minimum absolute atomic E-state index is 0.0512. The molecule has 2 aromatic rings. The Morgan fingerprint density at radius 1 is 1.19 bits per heavy atom. The Morgan fingerprint density at radius 2 is 1.93 bits per heavy atom. The summed E-state index contributed by atoms with van der Waals surface area (Å²) in [6.45, 7) is 5.92. The van der Waals surface area contributed by atoms with Gasteiger partial charge in [-0.1, -0.05) is 26.8 Å². The molecule has 1 aromatic carbocycles. The molecule has 0 aliphatic rings. The summed E-state index contributed by atoms with van der Waals surface area (Å²) in [5.41, 5.74) is 0.178. The third kappa shape index (κ3) is 6.71. The number of nitrogens with one attached hydrogen (secondary N) is 2. The molecule has 8 heteroatoms. The standard InChI is InChI=1S/C19H23F2N3O2S/c1-19(2,3)17(26)22-8-4-5-16(25)24-18-23-11-13(27-18)9-12-6-7-14(20)15(21)10-12/h6-7,10-11H,4-5,8-9H2,1-3H3,(H,22,26)(H,23,24,25). The zero-order valence-electron chi connectivity index (χ0n) is 15.6. The fourth-order valence-corrected chi connectivity index (χ4v) is 3.06. The summed E-state index contributed by atoms with van der Waals surface area (Å²) in [5.74, 6) is -2.00. The molecule has 2 amide bonds. The highest BCUT2D eigenvalue weighted by Crippen LogP contribution is 2.22. The Hall–Kier alpha value is -2.35. The summed E-state index contributed by atoms with van der Waals surface area (Å²) < 4.78 is 26.2. The van der Waals surface area contributed by atoms with Crippen LogP contribution in [0.4, 0.5) is 13.9 Å². The number of hydrogen-bond donors (Lipinski definition) is 2. The normalized spacial score (nSPS) is 11.3. The lowest BCUT2D eigenvalue weighted by atomic mass is 9.96. The number of anilines is 1. The van der Waals surface area contributed by atoms with Crippen molar-refractivity contribution in [2.24, 2.45) is 5.41 Å². The molecular formula is C19H23F2N3O2S. The molecule has 0 atom stereocenters. The fraction of sp³-hybridized carbons (Fsp3) is 0.421. The van der Waals surface area contributed by atoms with E-state index in [2.05, 4.69) is 15.6 Å². The monoisotopic (exact) mass is 395 g/mol. The number of benzene rings is 1. The van der Waals surface area contributed by atoms with E-state index >= 15 is 0 Å². The number of carbonyl (C=O) groups is 2. The molecule has 0 saturated carbocycles. The summed E-state index contributed by atoms with van der Waals surface area (Å²) >= 11 is 1.28. The highest BCUT2D eigenvalue weighted by atomic mass is 32.1. The Kier molecular flexibility index (Phi) is 7.01. The van der Waals surface area contributed by atoms with E-state index in [0.717, 1.165) is 17.0 Å². The number of aromatic nitrogens is 1. The molecule has 0 spiro atoms. The van der Waals surface area contributed by atoms with Crippen LogP contribution in [0.2, 0.25) is 0 Å². The quantitative estimate of drug-likeness (QED) is 0.699. The Morgan fingerprint density at radius 3 is 2.59 bits per heavy atom. The van der Waals surface area contributed by atoms with Crippen molar-refractivity contribution in [1.82, 2.24) is 10.3 Å². The van der Waals surface area contributed by atoms with Crippen LogP contribution < -0.4 is 10.6 Å². The SMILES string of the molecule is CC(C)(C)C(=O)NCCCC(=O)Nc1ncc(Cc2ccc(F)c(F)c2)s1. The third-order valence-corrected chi connectivity index (χ3v) is 4.62. The van der Waals surface area contributed by atoms with Gasteiger partial charge in [-0.3, -0.25) is 9.59 Å². The summed E-state index contributed by atoms with van der Waals surface area (Å²) in [6.07, 6.45) is 2.80. The van der Waals surface area contributed by atoms with Gasteiger partial charge < -0.3 is 10.6 Å². The lowest BCUT2D eigenvalue weighted by Gasteiger charge is -2.17. The molecule has 2 N–H and O–H groups in total. The second-order valence-electron chi connectivity index (χ2n) is 7.21. The molecule has 0 bridgehead atoms. The summed E-state index contributed by atoms with van der Waals surface area (Å²) in [5, 5.41) is 5.96. The molecule has 0 aliphatic heterocycles. The van der Waals surface area contributed by atoms with E-state index in [-0.39, 0.29) is 18.2 Å². The molecule has 0 aliphatic carbocycles. The first-order valence-electron chi connectivity index (χ1n) is 8.62. The predicted octanol–water partition coefficient (Wildman–Crippen LogP) is 3.89. The van der Waals surface area contributed by atoms with Crippen LogP contribution in [0.5, 0.6) is 0 Å². The molecule has 0 radical (unpaired) electrons. The lowest BCUT2D eigenvalue weighted by Crippen LogP contribution is -2.35. The second-order valence-corrected chi connectivity index (χ2v) is 8.33. The van der Waals surface area contributed by atoms with Crippen LogP contribution in [0.1, 0.15) is 44.1 Å². The minimum atomic E-state index is -0.885. The average Bonchev–Trinajstić information content (AvgIpc) is 3.00. The smallest absolute Gasteiger partial charge is 0.226 e. The maximum atomic E-state index is 13.3. The Balaban J connectivity index is 1.77. The van der Waals surface area contributed by atoms with Crippen LogP contribution in [0.3, 0.4) is 0 Å². The zero-order chi connectivity index (χ0) is 20.0. The van der Waals surface area contributed by atoms with Gasteiger partial charge in [-0.25, -0.2) is 13.8 Å². The van der Waals surface area contributed by atoms with E-state index < -0.39 is 17.0 Å². The number of thiazole rings is 1. The average molecular weight is 395 g/mol. The minimum Gasteiger partial charge on any atom is -0.356 e. The van der Waals surface area contributed by atoms with Gasteiger partial charge in [0.25, 0.3) is 0 Å². The number of rotatable bonds is 7. The molecule has 2 rings (SSSR count). The topological polar surface area (TPSA) is 71.1 Å². The largest absolute Gasteiger partial charge is 0.356 e. The van der Waals surface area contributed by atoms with Gasteiger partial charge in [0.15, 0.2) is 16.8 Å². The van der Waals surface area contributed by atoms with Gasteiger partial charge >= 0.3 is 0 Å². The summed E-state index contributed by atoms with van der Waals surface area (Å²) in [7, 11) is 0. The van der Waals surface area contributed by atoms with E-state index in [4.69, 9.17) is 0 Å². The van der Waals surface area contributed by atoms with Gasteiger partial charge in [-0.2, -0.15) is 0 Å². The van der Waals surface area contributed by atoms with Gasteiger partial charge in [0.2, 0.25) is 11.8 Å². The van der Waals surface area contributed by atoms with Crippen molar-refractivity contribution in [1.29, 1.82) is 0 Å². The van der Waals surface area contributed by atoms with Crippen molar-refractivity contribution < 1.29 is 18.4 Å². The Labute approximate surface area is 161 Å². The highest BCUT2D eigenvalue weighted by molar-refractivity contribution is 7.15. The highest BCUT2D eigenvalue weighted by Gasteiger charge is 2.20. The fourth-order valence-electron chi connectivity index (χ4n) is 2.20. The van der Waals surface area contributed by atoms with Crippen molar-refractivity contribution in [3.63, 3.8) is 0 Å². The second kappa shape index (κ2) is 9.03. The van der Waals surface area contributed by atoms with Gasteiger partial charge in [-0.15, -0.1) is 11.3 Å². The van der Waals surface area contributed by atoms with Crippen molar-refractivity contribution in [3.8, 4) is 0 Å². The van der Waals surface area contributed by atoms with Crippen LogP contribution in [-0.4, -0.2) is 23.3 Å². The number of nitrogens with zero attached hydrogens (tertiary/aromatic N) is 1. The number of hydrogen-bond acceptors (Lipinski definition) is 4. The van der Waals surface area contributed by atoms with Crippen molar-refractivity contribution in [2.75, 3.05) is 11.9 Å². The van der Waals surface area contributed by atoms with Crippen LogP contribution in [0, 0.1) is 17.0 Å². The third-order valence-electron chi connectivity index (χ3n) is 3.71. The molecule has 1 aromatic heterocycles. The van der Waals surface area contributed by atoms with Crippen LogP contribution >= 0.6 is 11.3 Å². The number of halogens is 2. The van der Waals surface area contributed by atoms with Gasteiger partial charge in [0.05, 0.1) is 0 Å². The molecule has 27 heavy (non-hydrogen) atoms. The van der Waals surface area contributed by atoms with Gasteiger partial charge in [-0.05, 0) is 24.1 Å². The molecule has 0 unspecified atom stereocenters. The van der Waals surface area contributed by atoms with Crippen LogP contribution in [-0.2, 0) is 16.0 Å². The molecule has 0 fully saturated rings. The molecule has 146 valence electrons. The maximum absolute atomic E-state index is 13.3. The van der Waals surface area contributed by atoms with E-state index in [1.807, 2.05) is 20.8 Å². The van der Waals surface area contributed by atoms with Crippen molar-refractivity contribution >= 4 is 28.3 Å². The summed E-state index contributed by atoms with van der Waals surface area (Å²) in [4.78, 5) is 28.6. The first-order valence-corrected chi connectivity index (χ1v) is 9.43. The first-order chi connectivity index (χ1) is 12.6. The van der Waals surface area contributed by atoms with E-state index in [0.29, 0.717) is 30.1 Å². The molecular weight excluding hydrogens is 372 g/mol. The summed E-state index contributed by atoms with van der Waals surface area (Å²) in [6, 6.07) is 3.76. The van der Waals surface area contributed by atoms with E-state index in [9.17, 15) is 18.4 Å². The molecule has 1 heterocycles. The molecule has 5 nitrogen and oxygen atoms in total. The zero-order valence-corrected chi connectivity index (χ0v) is 16.4. The van der Waals surface area contributed by atoms with Crippen LogP contribution in [0.15, 0.2) is 24.4 Å². The first kappa shape index (κ1) is 21.0. The maximum Gasteiger partial charge on any atom is 0.226 e. The van der Waals surface area contributed by atoms with Crippen molar-refractivity contribution in [2.45, 2.75) is 40.0 Å². The predicted molar refractivity (Wildman–Crippen MR) is 102 cm³/mol. The lowest BCUT2D eigenvalue weighted by molar-refractivity contribution is -0.128. The number of carbonyl (C=O) groups excluding carboxylic acids is 2. The van der Waals surface area contributed by atoms with E-state index in [1.54, 1.807) is 6.20 Å².